The lowest BCUT2D eigenvalue weighted by Gasteiger charge is -2.24. The molecule has 1 heterocycles. The second-order valence-corrected chi connectivity index (χ2v) is 6.69. The van der Waals surface area contributed by atoms with E-state index >= 15 is 0 Å². The molecule has 1 aliphatic heterocycles. The van der Waals surface area contributed by atoms with Gasteiger partial charge in [-0.1, -0.05) is 25.0 Å². The summed E-state index contributed by atoms with van der Waals surface area (Å²) in [6.45, 7) is 4.58. The summed E-state index contributed by atoms with van der Waals surface area (Å²) in [5.74, 6) is -0.0939. The van der Waals surface area contributed by atoms with Gasteiger partial charge in [0.25, 0.3) is 0 Å². The molecule has 1 saturated heterocycles. The first-order chi connectivity index (χ1) is 10.5. The zero-order valence-corrected chi connectivity index (χ0v) is 13.4. The number of likely N-dealkylation sites (tertiary alicyclic amines) is 1. The Balaban J connectivity index is 1.65. The topological polar surface area (TPSA) is 49.4 Å². The number of anilines is 1. The van der Waals surface area contributed by atoms with Crippen LogP contribution in [0.15, 0.2) is 18.2 Å². The zero-order chi connectivity index (χ0) is 15.7. The Morgan fingerprint density at radius 3 is 2.68 bits per heavy atom. The van der Waals surface area contributed by atoms with Gasteiger partial charge in [-0.15, -0.1) is 0 Å². The highest BCUT2D eigenvalue weighted by Gasteiger charge is 2.38. The molecule has 1 atom stereocenters. The molecule has 1 saturated carbocycles. The van der Waals surface area contributed by atoms with Crippen LogP contribution >= 0.6 is 0 Å². The summed E-state index contributed by atoms with van der Waals surface area (Å²) >= 11 is 0. The van der Waals surface area contributed by atoms with Gasteiger partial charge in [0.15, 0.2) is 0 Å². The SMILES string of the molecule is Cc1ccc(C)c(NC(=O)[C@@H]2CC(=O)N(C3CCCC3)C2)c1. The average molecular weight is 300 g/mol. The fourth-order valence-electron chi connectivity index (χ4n) is 3.58. The number of rotatable bonds is 3. The van der Waals surface area contributed by atoms with Crippen molar-refractivity contribution in [3.05, 3.63) is 29.3 Å². The first-order valence-corrected chi connectivity index (χ1v) is 8.22. The summed E-state index contributed by atoms with van der Waals surface area (Å²) in [5.41, 5.74) is 3.03. The van der Waals surface area contributed by atoms with Crippen LogP contribution in [0, 0.1) is 19.8 Å². The van der Waals surface area contributed by atoms with Gasteiger partial charge in [-0.25, -0.2) is 0 Å². The predicted octanol–water partition coefficient (Wildman–Crippen LogP) is 3.03. The minimum Gasteiger partial charge on any atom is -0.339 e. The molecule has 3 rings (SSSR count). The molecular formula is C18H24N2O2. The van der Waals surface area contributed by atoms with Crippen LogP contribution in [0.2, 0.25) is 0 Å². The second kappa shape index (κ2) is 6.11. The molecular weight excluding hydrogens is 276 g/mol. The van der Waals surface area contributed by atoms with Crippen LogP contribution in [-0.2, 0) is 9.59 Å². The molecule has 1 N–H and O–H groups in total. The van der Waals surface area contributed by atoms with Crippen molar-refractivity contribution in [2.75, 3.05) is 11.9 Å². The molecule has 1 aliphatic carbocycles. The van der Waals surface area contributed by atoms with Crippen molar-refractivity contribution in [2.24, 2.45) is 5.92 Å². The van der Waals surface area contributed by atoms with E-state index in [0.29, 0.717) is 19.0 Å². The molecule has 2 aliphatic rings. The summed E-state index contributed by atoms with van der Waals surface area (Å²) < 4.78 is 0. The van der Waals surface area contributed by atoms with Crippen LogP contribution in [0.5, 0.6) is 0 Å². The number of aryl methyl sites for hydroxylation is 2. The Morgan fingerprint density at radius 1 is 1.23 bits per heavy atom. The minimum atomic E-state index is -0.215. The Hall–Kier alpha value is -1.84. The number of nitrogens with zero attached hydrogens (tertiary/aromatic N) is 1. The number of amides is 2. The van der Waals surface area contributed by atoms with E-state index in [2.05, 4.69) is 5.32 Å². The van der Waals surface area contributed by atoms with E-state index in [1.807, 2.05) is 36.9 Å². The lowest BCUT2D eigenvalue weighted by Crippen LogP contribution is -2.35. The quantitative estimate of drug-likeness (QED) is 0.933. The average Bonchev–Trinajstić information content (AvgIpc) is 3.11. The number of hydrogen-bond donors (Lipinski definition) is 1. The van der Waals surface area contributed by atoms with Crippen molar-refractivity contribution in [3.8, 4) is 0 Å². The van der Waals surface area contributed by atoms with E-state index in [1.54, 1.807) is 0 Å². The van der Waals surface area contributed by atoms with Crippen molar-refractivity contribution < 1.29 is 9.59 Å². The standard InChI is InChI=1S/C18H24N2O2/c1-12-7-8-13(2)16(9-12)19-18(22)14-10-17(21)20(11-14)15-5-3-4-6-15/h7-9,14-15H,3-6,10-11H2,1-2H3,(H,19,22)/t14-/m1/s1. The number of hydrogen-bond acceptors (Lipinski definition) is 2. The van der Waals surface area contributed by atoms with Gasteiger partial charge in [-0.2, -0.15) is 0 Å². The molecule has 2 amide bonds. The lowest BCUT2D eigenvalue weighted by atomic mass is 10.1. The summed E-state index contributed by atoms with van der Waals surface area (Å²) in [5, 5.41) is 3.01. The maximum atomic E-state index is 12.5. The molecule has 4 nitrogen and oxygen atoms in total. The molecule has 0 aromatic heterocycles. The molecule has 0 unspecified atom stereocenters. The number of benzene rings is 1. The van der Waals surface area contributed by atoms with E-state index < -0.39 is 0 Å². The fourth-order valence-corrected chi connectivity index (χ4v) is 3.58. The second-order valence-electron chi connectivity index (χ2n) is 6.69. The van der Waals surface area contributed by atoms with E-state index in [1.165, 1.54) is 12.8 Å². The highest BCUT2D eigenvalue weighted by atomic mass is 16.2. The smallest absolute Gasteiger partial charge is 0.229 e. The molecule has 4 heteroatoms. The van der Waals surface area contributed by atoms with Crippen molar-refractivity contribution in [2.45, 2.75) is 52.0 Å². The number of nitrogens with one attached hydrogen (secondary N) is 1. The van der Waals surface area contributed by atoms with Gasteiger partial charge in [0.2, 0.25) is 11.8 Å². The van der Waals surface area contributed by atoms with Crippen LogP contribution in [0.25, 0.3) is 0 Å². The molecule has 0 radical (unpaired) electrons. The van der Waals surface area contributed by atoms with E-state index in [-0.39, 0.29) is 17.7 Å². The van der Waals surface area contributed by atoms with Crippen molar-refractivity contribution in [1.82, 2.24) is 4.90 Å². The highest BCUT2D eigenvalue weighted by Crippen LogP contribution is 2.30. The Bertz CT molecular complexity index is 591. The maximum absolute atomic E-state index is 12.5. The normalized spacial score (nSPS) is 22.4. The molecule has 0 bridgehead atoms. The molecule has 22 heavy (non-hydrogen) atoms. The minimum absolute atomic E-state index is 0.0254. The number of carbonyl (C=O) groups is 2. The zero-order valence-electron chi connectivity index (χ0n) is 13.4. The summed E-state index contributed by atoms with van der Waals surface area (Å²) in [7, 11) is 0. The third-order valence-corrected chi connectivity index (χ3v) is 4.95. The summed E-state index contributed by atoms with van der Waals surface area (Å²) in [6, 6.07) is 6.39. The molecule has 0 spiro atoms. The molecule has 1 aromatic rings. The molecule has 2 fully saturated rings. The monoisotopic (exact) mass is 300 g/mol. The van der Waals surface area contributed by atoms with Gasteiger partial charge in [0.1, 0.15) is 0 Å². The molecule has 118 valence electrons. The van der Waals surface area contributed by atoms with Gasteiger partial charge >= 0.3 is 0 Å². The van der Waals surface area contributed by atoms with Crippen LogP contribution in [0.4, 0.5) is 5.69 Å². The summed E-state index contributed by atoms with van der Waals surface area (Å²) in [6.07, 6.45) is 4.95. The Morgan fingerprint density at radius 2 is 1.95 bits per heavy atom. The first kappa shape index (κ1) is 15.1. The van der Waals surface area contributed by atoms with Crippen molar-refractivity contribution in [1.29, 1.82) is 0 Å². The number of carbonyl (C=O) groups excluding carboxylic acids is 2. The third-order valence-electron chi connectivity index (χ3n) is 4.95. The maximum Gasteiger partial charge on any atom is 0.229 e. The van der Waals surface area contributed by atoms with E-state index in [0.717, 1.165) is 29.7 Å². The van der Waals surface area contributed by atoms with Gasteiger partial charge in [-0.05, 0) is 43.9 Å². The summed E-state index contributed by atoms with van der Waals surface area (Å²) in [4.78, 5) is 26.6. The predicted molar refractivity (Wildman–Crippen MR) is 86.6 cm³/mol. The van der Waals surface area contributed by atoms with Crippen molar-refractivity contribution >= 4 is 17.5 Å². The Kier molecular flexibility index (Phi) is 4.19. The largest absolute Gasteiger partial charge is 0.339 e. The van der Waals surface area contributed by atoms with Crippen molar-refractivity contribution in [3.63, 3.8) is 0 Å². The Labute approximate surface area is 131 Å². The van der Waals surface area contributed by atoms with E-state index in [9.17, 15) is 9.59 Å². The first-order valence-electron chi connectivity index (χ1n) is 8.22. The van der Waals surface area contributed by atoms with Crippen LogP contribution in [0.1, 0.15) is 43.2 Å². The van der Waals surface area contributed by atoms with E-state index in [4.69, 9.17) is 0 Å². The van der Waals surface area contributed by atoms with Crippen LogP contribution < -0.4 is 5.32 Å². The van der Waals surface area contributed by atoms with Crippen LogP contribution in [-0.4, -0.2) is 29.3 Å². The highest BCUT2D eigenvalue weighted by molar-refractivity contribution is 5.97. The van der Waals surface area contributed by atoms with Gasteiger partial charge in [-0.3, -0.25) is 9.59 Å². The fraction of sp³-hybridized carbons (Fsp3) is 0.556. The lowest BCUT2D eigenvalue weighted by molar-refractivity contribution is -0.129. The van der Waals surface area contributed by atoms with Gasteiger partial charge < -0.3 is 10.2 Å². The van der Waals surface area contributed by atoms with Gasteiger partial charge in [0.05, 0.1) is 5.92 Å². The molecule has 1 aromatic carbocycles. The van der Waals surface area contributed by atoms with Gasteiger partial charge in [0, 0.05) is 24.7 Å². The van der Waals surface area contributed by atoms with Crippen LogP contribution in [0.3, 0.4) is 0 Å². The third kappa shape index (κ3) is 3.01.